The summed E-state index contributed by atoms with van der Waals surface area (Å²) in [4.78, 5) is 15.8. The maximum atomic E-state index is 12.6. The largest absolute Gasteiger partial charge is 0.497 e. The van der Waals surface area contributed by atoms with E-state index in [-0.39, 0.29) is 12.5 Å². The summed E-state index contributed by atoms with van der Waals surface area (Å²) in [6, 6.07) is 12.5. The van der Waals surface area contributed by atoms with Crippen molar-refractivity contribution in [1.29, 1.82) is 0 Å². The summed E-state index contributed by atoms with van der Waals surface area (Å²) in [5, 5.41) is 0. The molecule has 2 aromatic rings. The SMILES string of the molecule is COc1ccc(CN(C)C(=O)CN(C)Cc2ccc(C(F)(F)F)cc2)cc1. The van der Waals surface area contributed by atoms with Gasteiger partial charge in [0, 0.05) is 20.1 Å². The van der Waals surface area contributed by atoms with Crippen LogP contribution in [0.1, 0.15) is 16.7 Å². The molecule has 0 saturated heterocycles. The van der Waals surface area contributed by atoms with Gasteiger partial charge >= 0.3 is 6.18 Å². The second-order valence-corrected chi connectivity index (χ2v) is 6.46. The molecule has 2 rings (SSSR count). The van der Waals surface area contributed by atoms with Crippen molar-refractivity contribution in [2.45, 2.75) is 19.3 Å². The van der Waals surface area contributed by atoms with Crippen molar-refractivity contribution in [3.05, 3.63) is 65.2 Å². The zero-order valence-electron chi connectivity index (χ0n) is 15.6. The van der Waals surface area contributed by atoms with E-state index >= 15 is 0 Å². The highest BCUT2D eigenvalue weighted by Gasteiger charge is 2.29. The lowest BCUT2D eigenvalue weighted by atomic mass is 10.1. The lowest BCUT2D eigenvalue weighted by molar-refractivity contribution is -0.137. The Bertz CT molecular complexity index is 743. The molecule has 0 heterocycles. The highest BCUT2D eigenvalue weighted by Crippen LogP contribution is 2.29. The zero-order chi connectivity index (χ0) is 20.0. The van der Waals surface area contributed by atoms with Crippen LogP contribution in [-0.4, -0.2) is 43.5 Å². The molecule has 0 radical (unpaired) electrons. The van der Waals surface area contributed by atoms with Crippen LogP contribution in [0, 0.1) is 0 Å². The molecule has 7 heteroatoms. The fraction of sp³-hybridized carbons (Fsp3) is 0.350. The number of rotatable bonds is 7. The number of amides is 1. The van der Waals surface area contributed by atoms with E-state index in [1.54, 1.807) is 31.0 Å². The normalized spacial score (nSPS) is 11.5. The molecule has 4 nitrogen and oxygen atoms in total. The third-order valence-electron chi connectivity index (χ3n) is 4.14. The van der Waals surface area contributed by atoms with Gasteiger partial charge in [-0.15, -0.1) is 0 Å². The summed E-state index contributed by atoms with van der Waals surface area (Å²) in [7, 11) is 5.08. The van der Waals surface area contributed by atoms with Crippen LogP contribution in [-0.2, 0) is 24.1 Å². The van der Waals surface area contributed by atoms with Gasteiger partial charge in [0.15, 0.2) is 0 Å². The second kappa shape index (κ2) is 8.90. The van der Waals surface area contributed by atoms with Crippen molar-refractivity contribution in [3.8, 4) is 5.75 Å². The molecule has 0 aliphatic heterocycles. The van der Waals surface area contributed by atoms with Crippen molar-refractivity contribution in [2.24, 2.45) is 0 Å². The van der Waals surface area contributed by atoms with Gasteiger partial charge in [0.05, 0.1) is 19.2 Å². The summed E-state index contributed by atoms with van der Waals surface area (Å²) in [6.07, 6.45) is -4.34. The third-order valence-corrected chi connectivity index (χ3v) is 4.14. The Kier molecular flexibility index (Phi) is 6.85. The number of hydrogen-bond acceptors (Lipinski definition) is 3. The fourth-order valence-electron chi connectivity index (χ4n) is 2.61. The molecule has 0 atom stereocenters. The topological polar surface area (TPSA) is 32.8 Å². The predicted molar refractivity (Wildman–Crippen MR) is 97.2 cm³/mol. The summed E-state index contributed by atoms with van der Waals surface area (Å²) in [6.45, 7) is 1.03. The van der Waals surface area contributed by atoms with Crippen molar-refractivity contribution in [2.75, 3.05) is 27.7 Å². The minimum Gasteiger partial charge on any atom is -0.497 e. The molecule has 0 saturated carbocycles. The molecule has 27 heavy (non-hydrogen) atoms. The fourth-order valence-corrected chi connectivity index (χ4v) is 2.61. The molecule has 0 fully saturated rings. The van der Waals surface area contributed by atoms with Crippen LogP contribution in [0.2, 0.25) is 0 Å². The van der Waals surface area contributed by atoms with Crippen LogP contribution in [0.4, 0.5) is 13.2 Å². The average Bonchev–Trinajstić information content (AvgIpc) is 2.61. The van der Waals surface area contributed by atoms with Gasteiger partial charge in [-0.1, -0.05) is 24.3 Å². The molecular weight excluding hydrogens is 357 g/mol. The highest BCUT2D eigenvalue weighted by atomic mass is 19.4. The Hall–Kier alpha value is -2.54. The van der Waals surface area contributed by atoms with Crippen molar-refractivity contribution < 1.29 is 22.7 Å². The molecule has 0 aliphatic rings. The summed E-state index contributed by atoms with van der Waals surface area (Å²) < 4.78 is 42.9. The maximum Gasteiger partial charge on any atom is 0.416 e. The van der Waals surface area contributed by atoms with Gasteiger partial charge in [0.2, 0.25) is 5.91 Å². The van der Waals surface area contributed by atoms with Gasteiger partial charge in [-0.2, -0.15) is 13.2 Å². The Balaban J connectivity index is 1.86. The van der Waals surface area contributed by atoms with Gasteiger partial charge in [-0.25, -0.2) is 0 Å². The summed E-state index contributed by atoms with van der Waals surface area (Å²) in [5.41, 5.74) is 1.03. The Morgan fingerprint density at radius 3 is 1.96 bits per heavy atom. The van der Waals surface area contributed by atoms with E-state index in [1.165, 1.54) is 12.1 Å². The second-order valence-electron chi connectivity index (χ2n) is 6.46. The van der Waals surface area contributed by atoms with Gasteiger partial charge in [0.1, 0.15) is 5.75 Å². The molecule has 0 aromatic heterocycles. The number of ether oxygens (including phenoxy) is 1. The lowest BCUT2D eigenvalue weighted by Crippen LogP contribution is -2.36. The number of methoxy groups -OCH3 is 1. The van der Waals surface area contributed by atoms with E-state index in [4.69, 9.17) is 4.74 Å². The third kappa shape index (κ3) is 6.29. The van der Waals surface area contributed by atoms with Crippen molar-refractivity contribution in [1.82, 2.24) is 9.80 Å². The number of hydrogen-bond donors (Lipinski definition) is 0. The maximum absolute atomic E-state index is 12.6. The minimum atomic E-state index is -4.34. The van der Waals surface area contributed by atoms with Crippen LogP contribution in [0.5, 0.6) is 5.75 Å². The van der Waals surface area contributed by atoms with Crippen LogP contribution in [0.15, 0.2) is 48.5 Å². The van der Waals surface area contributed by atoms with Crippen LogP contribution < -0.4 is 4.74 Å². The van der Waals surface area contributed by atoms with Gasteiger partial charge in [0.25, 0.3) is 0 Å². The number of halogens is 3. The molecule has 0 unspecified atom stereocenters. The molecule has 146 valence electrons. The monoisotopic (exact) mass is 380 g/mol. The first-order valence-electron chi connectivity index (χ1n) is 8.40. The smallest absolute Gasteiger partial charge is 0.416 e. The first-order chi connectivity index (χ1) is 12.7. The lowest BCUT2D eigenvalue weighted by Gasteiger charge is -2.22. The molecule has 2 aromatic carbocycles. The number of alkyl halides is 3. The molecule has 0 bridgehead atoms. The number of carbonyl (C=O) groups excluding carboxylic acids is 1. The van der Waals surface area contributed by atoms with Crippen molar-refractivity contribution in [3.63, 3.8) is 0 Å². The average molecular weight is 380 g/mol. The zero-order valence-corrected chi connectivity index (χ0v) is 15.6. The quantitative estimate of drug-likeness (QED) is 0.732. The summed E-state index contributed by atoms with van der Waals surface area (Å²) in [5.74, 6) is 0.684. The highest BCUT2D eigenvalue weighted by molar-refractivity contribution is 5.77. The number of likely N-dealkylation sites (N-methyl/N-ethyl adjacent to an activating group) is 2. The minimum absolute atomic E-state index is 0.0692. The Morgan fingerprint density at radius 1 is 0.926 bits per heavy atom. The van der Waals surface area contributed by atoms with Gasteiger partial charge < -0.3 is 9.64 Å². The van der Waals surface area contributed by atoms with Gasteiger partial charge in [-0.3, -0.25) is 9.69 Å². The first kappa shape index (κ1) is 20.8. The van der Waals surface area contributed by atoms with Crippen LogP contribution in [0.25, 0.3) is 0 Å². The summed E-state index contributed by atoms with van der Waals surface area (Å²) >= 11 is 0. The Morgan fingerprint density at radius 2 is 1.44 bits per heavy atom. The van der Waals surface area contributed by atoms with E-state index in [0.29, 0.717) is 13.1 Å². The molecule has 0 spiro atoms. The number of carbonyl (C=O) groups is 1. The van der Waals surface area contributed by atoms with E-state index < -0.39 is 11.7 Å². The number of benzene rings is 2. The standard InChI is InChI=1S/C20H23F3N2O2/c1-24(12-15-4-8-17(9-5-15)20(21,22)23)14-19(26)25(2)13-16-6-10-18(27-3)11-7-16/h4-11H,12-14H2,1-3H3. The van der Waals surface area contributed by atoms with E-state index in [2.05, 4.69) is 0 Å². The predicted octanol–water partition coefficient (Wildman–Crippen LogP) is 3.80. The Labute approximate surface area is 157 Å². The first-order valence-corrected chi connectivity index (χ1v) is 8.40. The van der Waals surface area contributed by atoms with Crippen LogP contribution in [0.3, 0.4) is 0 Å². The molecular formula is C20H23F3N2O2. The molecule has 1 amide bonds. The molecule has 0 aliphatic carbocycles. The van der Waals surface area contributed by atoms with Gasteiger partial charge in [-0.05, 0) is 42.4 Å². The molecule has 0 N–H and O–H groups in total. The number of nitrogens with zero attached hydrogens (tertiary/aromatic N) is 2. The van der Waals surface area contributed by atoms with E-state index in [0.717, 1.165) is 29.0 Å². The van der Waals surface area contributed by atoms with Crippen molar-refractivity contribution >= 4 is 5.91 Å². The van der Waals surface area contributed by atoms with E-state index in [9.17, 15) is 18.0 Å². The van der Waals surface area contributed by atoms with Crippen LogP contribution >= 0.6 is 0 Å². The van der Waals surface area contributed by atoms with E-state index in [1.807, 2.05) is 24.3 Å².